The molecule has 2 aromatic carbocycles. The number of carbonyl (C=O) groups excluding carboxylic acids is 1. The first kappa shape index (κ1) is 15.3. The van der Waals surface area contributed by atoms with Crippen molar-refractivity contribution < 1.29 is 9.18 Å². The third-order valence-corrected chi connectivity index (χ3v) is 5.37. The molecule has 0 bridgehead atoms. The molecule has 2 unspecified atom stereocenters. The highest BCUT2D eigenvalue weighted by molar-refractivity contribution is 7.22. The molecule has 0 spiro atoms. The maximum absolute atomic E-state index is 13.0. The summed E-state index contributed by atoms with van der Waals surface area (Å²) in [5.74, 6) is -0.765. The summed E-state index contributed by atoms with van der Waals surface area (Å²) in [4.78, 5) is 16.3. The first-order chi connectivity index (χ1) is 11.5. The third-order valence-electron chi connectivity index (χ3n) is 4.44. The van der Waals surface area contributed by atoms with Gasteiger partial charge in [0.25, 0.3) is 0 Å². The summed E-state index contributed by atoms with van der Waals surface area (Å²) in [7, 11) is 0. The molecule has 0 aliphatic heterocycles. The highest BCUT2D eigenvalue weighted by Gasteiger charge is 2.43. The standard InChI is InChI=1S/C19H17FN2OS/c1-10-4-3-5-11(2)17(10)12-6-7-15-16(8-12)24-19(21-15)22-18(23)13-9-14(13)20/h3-8,13-14H,9H2,1-2H3,(H,21,22,23). The number of carbonyl (C=O) groups is 1. The van der Waals surface area contributed by atoms with Crippen LogP contribution in [0.3, 0.4) is 0 Å². The minimum absolute atomic E-state index is 0.267. The van der Waals surface area contributed by atoms with Crippen LogP contribution in [0.2, 0.25) is 0 Å². The average Bonchev–Trinajstić information content (AvgIpc) is 3.13. The molecule has 3 aromatic rings. The van der Waals surface area contributed by atoms with Crippen LogP contribution in [0, 0.1) is 19.8 Å². The van der Waals surface area contributed by atoms with Crippen LogP contribution < -0.4 is 5.32 Å². The number of alkyl halides is 1. The smallest absolute Gasteiger partial charge is 0.232 e. The number of nitrogens with zero attached hydrogens (tertiary/aromatic N) is 1. The molecule has 122 valence electrons. The van der Waals surface area contributed by atoms with Crippen molar-refractivity contribution in [3.8, 4) is 11.1 Å². The van der Waals surface area contributed by atoms with Crippen LogP contribution in [0.4, 0.5) is 9.52 Å². The van der Waals surface area contributed by atoms with E-state index in [-0.39, 0.29) is 5.91 Å². The van der Waals surface area contributed by atoms with E-state index in [0.29, 0.717) is 11.6 Å². The van der Waals surface area contributed by atoms with E-state index in [9.17, 15) is 9.18 Å². The lowest BCUT2D eigenvalue weighted by molar-refractivity contribution is -0.117. The van der Waals surface area contributed by atoms with Gasteiger partial charge in [0.1, 0.15) is 6.17 Å². The molecule has 5 heteroatoms. The molecule has 1 heterocycles. The van der Waals surface area contributed by atoms with Gasteiger partial charge in [-0.25, -0.2) is 9.37 Å². The summed E-state index contributed by atoms with van der Waals surface area (Å²) in [5.41, 5.74) is 5.69. The predicted molar refractivity (Wildman–Crippen MR) is 96.2 cm³/mol. The van der Waals surface area contributed by atoms with Crippen molar-refractivity contribution in [1.29, 1.82) is 0 Å². The van der Waals surface area contributed by atoms with Gasteiger partial charge in [-0.1, -0.05) is 35.6 Å². The van der Waals surface area contributed by atoms with Gasteiger partial charge in [-0.05, 0) is 54.7 Å². The lowest BCUT2D eigenvalue weighted by Crippen LogP contribution is -2.14. The zero-order valence-electron chi connectivity index (χ0n) is 13.5. The maximum atomic E-state index is 13.0. The number of benzene rings is 2. The van der Waals surface area contributed by atoms with Crippen LogP contribution in [0.5, 0.6) is 0 Å². The van der Waals surface area contributed by atoms with Crippen molar-refractivity contribution in [2.75, 3.05) is 5.32 Å². The van der Waals surface area contributed by atoms with Gasteiger partial charge in [-0.15, -0.1) is 0 Å². The van der Waals surface area contributed by atoms with Gasteiger partial charge in [0, 0.05) is 0 Å². The van der Waals surface area contributed by atoms with Crippen LogP contribution in [0.15, 0.2) is 36.4 Å². The second-order valence-electron chi connectivity index (χ2n) is 6.32. The van der Waals surface area contributed by atoms with Gasteiger partial charge in [0.2, 0.25) is 5.91 Å². The second-order valence-corrected chi connectivity index (χ2v) is 7.35. The Balaban J connectivity index is 1.67. The normalized spacial score (nSPS) is 19.5. The van der Waals surface area contributed by atoms with E-state index in [0.717, 1.165) is 15.8 Å². The molecule has 1 N–H and O–H groups in total. The molecule has 0 radical (unpaired) electrons. The number of rotatable bonds is 3. The highest BCUT2D eigenvalue weighted by Crippen LogP contribution is 2.36. The SMILES string of the molecule is Cc1cccc(C)c1-c1ccc2nc(NC(=O)C3CC3F)sc2c1. The topological polar surface area (TPSA) is 42.0 Å². The lowest BCUT2D eigenvalue weighted by atomic mass is 9.96. The van der Waals surface area contributed by atoms with E-state index in [2.05, 4.69) is 54.5 Å². The number of hydrogen-bond donors (Lipinski definition) is 1. The van der Waals surface area contributed by atoms with E-state index in [1.54, 1.807) is 0 Å². The van der Waals surface area contributed by atoms with Gasteiger partial charge >= 0.3 is 0 Å². The van der Waals surface area contributed by atoms with Crippen molar-refractivity contribution in [3.05, 3.63) is 47.5 Å². The van der Waals surface area contributed by atoms with Crippen molar-refractivity contribution in [1.82, 2.24) is 4.98 Å². The molecular weight excluding hydrogens is 323 g/mol. The van der Waals surface area contributed by atoms with E-state index in [4.69, 9.17) is 0 Å². The Morgan fingerprint density at radius 1 is 1.25 bits per heavy atom. The number of amides is 1. The van der Waals surface area contributed by atoms with Crippen LogP contribution in [0.1, 0.15) is 17.5 Å². The third kappa shape index (κ3) is 2.69. The van der Waals surface area contributed by atoms with Crippen LogP contribution in [-0.2, 0) is 4.79 Å². The lowest BCUT2D eigenvalue weighted by Gasteiger charge is -2.09. The number of aryl methyl sites for hydroxylation is 2. The first-order valence-electron chi connectivity index (χ1n) is 7.95. The summed E-state index contributed by atoms with van der Waals surface area (Å²) in [5, 5.41) is 3.27. The number of halogens is 1. The van der Waals surface area contributed by atoms with Crippen LogP contribution in [0.25, 0.3) is 21.3 Å². The molecule has 1 aromatic heterocycles. The molecule has 24 heavy (non-hydrogen) atoms. The molecule has 4 rings (SSSR count). The van der Waals surface area contributed by atoms with Crippen molar-refractivity contribution in [2.24, 2.45) is 5.92 Å². The number of hydrogen-bond acceptors (Lipinski definition) is 3. The Morgan fingerprint density at radius 3 is 2.62 bits per heavy atom. The monoisotopic (exact) mass is 340 g/mol. The molecule has 1 amide bonds. The molecule has 1 aliphatic rings. The van der Waals surface area contributed by atoms with Gasteiger partial charge in [-0.3, -0.25) is 4.79 Å². The highest BCUT2D eigenvalue weighted by atomic mass is 32.1. The van der Waals surface area contributed by atoms with Crippen molar-refractivity contribution in [2.45, 2.75) is 26.4 Å². The summed E-state index contributed by atoms with van der Waals surface area (Å²) in [6, 6.07) is 12.4. The average molecular weight is 340 g/mol. The largest absolute Gasteiger partial charge is 0.302 e. The van der Waals surface area contributed by atoms with E-state index >= 15 is 0 Å². The zero-order valence-corrected chi connectivity index (χ0v) is 14.3. The fourth-order valence-electron chi connectivity index (χ4n) is 3.04. The second kappa shape index (κ2) is 5.67. The number of fused-ring (bicyclic) bond motifs is 1. The van der Waals surface area contributed by atoms with Gasteiger partial charge in [-0.2, -0.15) is 0 Å². The summed E-state index contributed by atoms with van der Waals surface area (Å²) in [6.45, 7) is 4.21. The van der Waals surface area contributed by atoms with Crippen molar-refractivity contribution in [3.63, 3.8) is 0 Å². The minimum Gasteiger partial charge on any atom is -0.302 e. The molecular formula is C19H17FN2OS. The van der Waals surface area contributed by atoms with Crippen LogP contribution >= 0.6 is 11.3 Å². The predicted octanol–water partition coefficient (Wildman–Crippen LogP) is 4.88. The summed E-state index contributed by atoms with van der Waals surface area (Å²) < 4.78 is 14.0. The Kier molecular flexibility index (Phi) is 3.61. The Hall–Kier alpha value is -2.27. The Morgan fingerprint density at radius 2 is 1.96 bits per heavy atom. The molecule has 0 saturated heterocycles. The number of thiazole rings is 1. The maximum Gasteiger partial charge on any atom is 0.232 e. The van der Waals surface area contributed by atoms with E-state index in [1.165, 1.54) is 28.0 Å². The zero-order chi connectivity index (χ0) is 16.8. The Bertz CT molecular complexity index is 929. The molecule has 1 saturated carbocycles. The van der Waals surface area contributed by atoms with Gasteiger partial charge < -0.3 is 5.32 Å². The number of nitrogens with one attached hydrogen (secondary N) is 1. The fourth-order valence-corrected chi connectivity index (χ4v) is 3.94. The number of aromatic nitrogens is 1. The fraction of sp³-hybridized carbons (Fsp3) is 0.263. The minimum atomic E-state index is -0.991. The Labute approximate surface area is 143 Å². The van der Waals surface area contributed by atoms with Gasteiger partial charge in [0.05, 0.1) is 16.1 Å². The van der Waals surface area contributed by atoms with Crippen molar-refractivity contribution >= 4 is 32.6 Å². The molecule has 3 nitrogen and oxygen atoms in total. The first-order valence-corrected chi connectivity index (χ1v) is 8.76. The number of anilines is 1. The summed E-state index contributed by atoms with van der Waals surface area (Å²) in [6.07, 6.45) is -0.664. The molecule has 1 aliphatic carbocycles. The van der Waals surface area contributed by atoms with Crippen LogP contribution in [-0.4, -0.2) is 17.1 Å². The quantitative estimate of drug-likeness (QED) is 0.738. The van der Waals surface area contributed by atoms with E-state index in [1.807, 2.05) is 6.07 Å². The molecule has 1 fully saturated rings. The van der Waals surface area contributed by atoms with E-state index < -0.39 is 12.1 Å². The summed E-state index contributed by atoms with van der Waals surface area (Å²) >= 11 is 1.43. The van der Waals surface area contributed by atoms with Gasteiger partial charge in [0.15, 0.2) is 5.13 Å². The molecule has 2 atom stereocenters.